The van der Waals surface area contributed by atoms with Crippen molar-refractivity contribution in [2.24, 2.45) is 5.73 Å². The third kappa shape index (κ3) is 2.51. The van der Waals surface area contributed by atoms with Crippen LogP contribution < -0.4 is 5.73 Å². The summed E-state index contributed by atoms with van der Waals surface area (Å²) in [6.45, 7) is 2.44. The number of rotatable bonds is 3. The van der Waals surface area contributed by atoms with Crippen molar-refractivity contribution in [2.45, 2.75) is 13.5 Å². The lowest BCUT2D eigenvalue weighted by atomic mass is 10.1. The number of nitrogens with zero attached hydrogens (tertiary/aromatic N) is 3. The van der Waals surface area contributed by atoms with E-state index in [9.17, 15) is 4.79 Å². The standard InChI is InChI=1S/C14H18N4O/c1-10-5-4-6-11(9-15)13(10)18-8-7-12(16-18)14(19)17(2)3/h4-8H,9,15H2,1-3H3. The minimum absolute atomic E-state index is 0.110. The van der Waals surface area contributed by atoms with Crippen LogP contribution in [0.3, 0.4) is 0 Å². The maximum atomic E-state index is 11.9. The lowest BCUT2D eigenvalue weighted by molar-refractivity contribution is 0.0821. The molecule has 5 nitrogen and oxygen atoms in total. The molecule has 1 aromatic heterocycles. The molecule has 2 aromatic rings. The maximum absolute atomic E-state index is 11.9. The van der Waals surface area contributed by atoms with Crippen LogP contribution in [0.5, 0.6) is 0 Å². The summed E-state index contributed by atoms with van der Waals surface area (Å²) < 4.78 is 1.72. The topological polar surface area (TPSA) is 64.2 Å². The zero-order valence-electron chi connectivity index (χ0n) is 11.4. The van der Waals surface area contributed by atoms with Crippen LogP contribution in [-0.2, 0) is 6.54 Å². The molecule has 0 atom stereocenters. The third-order valence-corrected chi connectivity index (χ3v) is 2.98. The predicted molar refractivity (Wildman–Crippen MR) is 74.2 cm³/mol. The molecule has 0 bridgehead atoms. The van der Waals surface area contributed by atoms with Crippen LogP contribution in [0.4, 0.5) is 0 Å². The predicted octanol–water partition coefficient (Wildman–Crippen LogP) is 1.34. The summed E-state index contributed by atoms with van der Waals surface area (Å²) in [6.07, 6.45) is 1.79. The Kier molecular flexibility index (Phi) is 3.66. The molecule has 2 rings (SSSR count). The van der Waals surface area contributed by atoms with Gasteiger partial charge in [0.2, 0.25) is 0 Å². The Hall–Kier alpha value is -2.14. The first kappa shape index (κ1) is 13.3. The van der Waals surface area contributed by atoms with Crippen LogP contribution in [0.15, 0.2) is 30.5 Å². The Morgan fingerprint density at radius 2 is 2.11 bits per heavy atom. The molecule has 5 heteroatoms. The number of amides is 1. The van der Waals surface area contributed by atoms with Gasteiger partial charge in [0, 0.05) is 26.8 Å². The molecule has 0 unspecified atom stereocenters. The van der Waals surface area contributed by atoms with Crippen LogP contribution >= 0.6 is 0 Å². The summed E-state index contributed by atoms with van der Waals surface area (Å²) in [4.78, 5) is 13.4. The van der Waals surface area contributed by atoms with Gasteiger partial charge in [0.1, 0.15) is 0 Å². The van der Waals surface area contributed by atoms with Gasteiger partial charge >= 0.3 is 0 Å². The average Bonchev–Trinajstić information content (AvgIpc) is 2.86. The highest BCUT2D eigenvalue weighted by atomic mass is 16.2. The fraction of sp³-hybridized carbons (Fsp3) is 0.286. The fourth-order valence-electron chi connectivity index (χ4n) is 2.00. The highest BCUT2D eigenvalue weighted by Gasteiger charge is 2.14. The van der Waals surface area contributed by atoms with Crippen molar-refractivity contribution in [2.75, 3.05) is 14.1 Å². The van der Waals surface area contributed by atoms with Crippen molar-refractivity contribution in [1.82, 2.24) is 14.7 Å². The van der Waals surface area contributed by atoms with Gasteiger partial charge in [0.05, 0.1) is 5.69 Å². The Labute approximate surface area is 112 Å². The van der Waals surface area contributed by atoms with Gasteiger partial charge in [-0.2, -0.15) is 5.10 Å². The lowest BCUT2D eigenvalue weighted by Crippen LogP contribution is -2.22. The van der Waals surface area contributed by atoms with Gasteiger partial charge in [-0.1, -0.05) is 18.2 Å². The molecule has 1 aromatic carbocycles. The lowest BCUT2D eigenvalue weighted by Gasteiger charge is -2.11. The second-order valence-electron chi connectivity index (χ2n) is 4.63. The summed E-state index contributed by atoms with van der Waals surface area (Å²) in [5.74, 6) is -0.110. The van der Waals surface area contributed by atoms with Crippen molar-refractivity contribution in [1.29, 1.82) is 0 Å². The number of aryl methyl sites for hydroxylation is 1. The van der Waals surface area contributed by atoms with E-state index in [1.165, 1.54) is 4.90 Å². The molecule has 1 heterocycles. The minimum Gasteiger partial charge on any atom is -0.343 e. The van der Waals surface area contributed by atoms with E-state index in [0.717, 1.165) is 16.8 Å². The van der Waals surface area contributed by atoms with E-state index in [4.69, 9.17) is 5.73 Å². The summed E-state index contributed by atoms with van der Waals surface area (Å²) in [5.41, 5.74) is 9.21. The number of hydrogen-bond donors (Lipinski definition) is 1. The number of hydrogen-bond acceptors (Lipinski definition) is 3. The van der Waals surface area contributed by atoms with Crippen LogP contribution in [0.1, 0.15) is 21.6 Å². The van der Waals surface area contributed by atoms with Crippen LogP contribution in [0.25, 0.3) is 5.69 Å². The Bertz CT molecular complexity index is 601. The van der Waals surface area contributed by atoms with Crippen LogP contribution in [-0.4, -0.2) is 34.7 Å². The van der Waals surface area contributed by atoms with Gasteiger partial charge < -0.3 is 10.6 Å². The monoisotopic (exact) mass is 258 g/mol. The van der Waals surface area contributed by atoms with E-state index in [1.807, 2.05) is 25.1 Å². The van der Waals surface area contributed by atoms with Crippen LogP contribution in [0.2, 0.25) is 0 Å². The van der Waals surface area contributed by atoms with Gasteiger partial charge in [0.15, 0.2) is 5.69 Å². The smallest absolute Gasteiger partial charge is 0.273 e. The number of nitrogens with two attached hydrogens (primary N) is 1. The minimum atomic E-state index is -0.110. The van der Waals surface area contributed by atoms with E-state index >= 15 is 0 Å². The molecule has 0 saturated carbocycles. The van der Waals surface area contributed by atoms with E-state index in [0.29, 0.717) is 12.2 Å². The number of benzene rings is 1. The molecule has 0 aliphatic rings. The number of carbonyl (C=O) groups is 1. The molecule has 0 fully saturated rings. The van der Waals surface area contributed by atoms with Gasteiger partial charge in [-0.25, -0.2) is 4.68 Å². The number of carbonyl (C=O) groups excluding carboxylic acids is 1. The van der Waals surface area contributed by atoms with Crippen molar-refractivity contribution in [3.8, 4) is 5.69 Å². The van der Waals surface area contributed by atoms with Gasteiger partial charge in [-0.05, 0) is 24.1 Å². The third-order valence-electron chi connectivity index (χ3n) is 2.98. The molecule has 0 spiro atoms. The van der Waals surface area contributed by atoms with E-state index < -0.39 is 0 Å². The number of aromatic nitrogens is 2. The van der Waals surface area contributed by atoms with Gasteiger partial charge in [-0.3, -0.25) is 4.79 Å². The highest BCUT2D eigenvalue weighted by Crippen LogP contribution is 2.18. The van der Waals surface area contributed by atoms with Crippen LogP contribution in [0, 0.1) is 6.92 Å². The largest absolute Gasteiger partial charge is 0.343 e. The molecular weight excluding hydrogens is 240 g/mol. The molecule has 1 amide bonds. The van der Waals surface area contributed by atoms with Crippen molar-refractivity contribution in [3.05, 3.63) is 47.3 Å². The fourth-order valence-corrected chi connectivity index (χ4v) is 2.00. The van der Waals surface area contributed by atoms with Crippen molar-refractivity contribution < 1.29 is 4.79 Å². The van der Waals surface area contributed by atoms with Crippen molar-refractivity contribution >= 4 is 5.91 Å². The maximum Gasteiger partial charge on any atom is 0.273 e. The Morgan fingerprint density at radius 3 is 2.74 bits per heavy atom. The normalized spacial score (nSPS) is 10.5. The first-order valence-corrected chi connectivity index (χ1v) is 6.11. The number of para-hydroxylation sites is 1. The molecule has 0 aliphatic carbocycles. The zero-order chi connectivity index (χ0) is 14.0. The second-order valence-corrected chi connectivity index (χ2v) is 4.63. The quantitative estimate of drug-likeness (QED) is 0.903. The first-order chi connectivity index (χ1) is 9.04. The zero-order valence-corrected chi connectivity index (χ0v) is 11.4. The summed E-state index contributed by atoms with van der Waals surface area (Å²) in [5, 5.41) is 4.34. The average molecular weight is 258 g/mol. The summed E-state index contributed by atoms with van der Waals surface area (Å²) in [6, 6.07) is 7.66. The SMILES string of the molecule is Cc1cccc(CN)c1-n1ccc(C(=O)N(C)C)n1. The van der Waals surface area contributed by atoms with Gasteiger partial charge in [0.25, 0.3) is 5.91 Å². The van der Waals surface area contributed by atoms with E-state index in [-0.39, 0.29) is 5.91 Å². The summed E-state index contributed by atoms with van der Waals surface area (Å²) in [7, 11) is 3.42. The first-order valence-electron chi connectivity index (χ1n) is 6.11. The summed E-state index contributed by atoms with van der Waals surface area (Å²) >= 11 is 0. The highest BCUT2D eigenvalue weighted by molar-refractivity contribution is 5.91. The molecule has 0 aliphatic heterocycles. The van der Waals surface area contributed by atoms with E-state index in [1.54, 1.807) is 31.0 Å². The molecule has 0 saturated heterocycles. The van der Waals surface area contributed by atoms with E-state index in [2.05, 4.69) is 5.10 Å². The molecule has 2 N–H and O–H groups in total. The Balaban J connectivity index is 2.47. The molecular formula is C14H18N4O. The van der Waals surface area contributed by atoms with Crippen molar-refractivity contribution in [3.63, 3.8) is 0 Å². The Morgan fingerprint density at radius 1 is 1.37 bits per heavy atom. The second kappa shape index (κ2) is 5.24. The molecule has 0 radical (unpaired) electrons. The van der Waals surface area contributed by atoms with Gasteiger partial charge in [-0.15, -0.1) is 0 Å². The molecule has 100 valence electrons. The molecule has 19 heavy (non-hydrogen) atoms.